The summed E-state index contributed by atoms with van der Waals surface area (Å²) in [7, 11) is 1.25. The number of nitrogens with zero attached hydrogens (tertiary/aromatic N) is 3. The summed E-state index contributed by atoms with van der Waals surface area (Å²) < 4.78 is 5.07. The van der Waals surface area contributed by atoms with Gasteiger partial charge in [0.1, 0.15) is 5.94 Å². The summed E-state index contributed by atoms with van der Waals surface area (Å²) in [6.45, 7) is 8.94. The fourth-order valence-corrected chi connectivity index (χ4v) is 5.83. The Morgan fingerprint density at radius 3 is 2.40 bits per heavy atom. The molecule has 1 fully saturated rings. The molecule has 0 aromatic heterocycles. The van der Waals surface area contributed by atoms with Crippen molar-refractivity contribution in [2.45, 2.75) is 39.4 Å². The molecular weight excluding hydrogens is 550 g/mol. The van der Waals surface area contributed by atoms with E-state index in [-0.39, 0.29) is 22.8 Å². The molecule has 2 N–H and O–H groups in total. The van der Waals surface area contributed by atoms with Crippen LogP contribution >= 0.6 is 0 Å². The highest BCUT2D eigenvalue weighted by molar-refractivity contribution is 6.02. The van der Waals surface area contributed by atoms with Crippen LogP contribution in [0.1, 0.15) is 37.8 Å². The van der Waals surface area contributed by atoms with Crippen LogP contribution in [0.2, 0.25) is 0 Å². The first-order chi connectivity index (χ1) is 20.6. The lowest BCUT2D eigenvalue weighted by atomic mass is 9.79. The van der Waals surface area contributed by atoms with Gasteiger partial charge in [0, 0.05) is 73.8 Å². The zero-order valence-electron chi connectivity index (χ0n) is 24.8. The molecule has 2 aromatic carbocycles. The summed E-state index contributed by atoms with van der Waals surface area (Å²) in [5.41, 5.74) is 2.89. The average Bonchev–Trinajstić information content (AvgIpc) is 3.00. The molecule has 0 spiro atoms. The summed E-state index contributed by atoms with van der Waals surface area (Å²) in [6, 6.07) is 16.1. The highest BCUT2D eigenvalue weighted by atomic mass is 16.6. The number of nitro groups is 1. The molecule has 226 valence electrons. The van der Waals surface area contributed by atoms with Gasteiger partial charge >= 0.3 is 5.97 Å². The summed E-state index contributed by atoms with van der Waals surface area (Å²) in [6.07, 6.45) is 0.858. The van der Waals surface area contributed by atoms with E-state index in [0.29, 0.717) is 30.0 Å². The zero-order chi connectivity index (χ0) is 31.1. The predicted molar refractivity (Wildman–Crippen MR) is 161 cm³/mol. The minimum Gasteiger partial charge on any atom is -0.466 e. The van der Waals surface area contributed by atoms with Crippen molar-refractivity contribution in [1.29, 1.82) is 0 Å². The van der Waals surface area contributed by atoms with Crippen LogP contribution in [0.25, 0.3) is 0 Å². The monoisotopic (exact) mass is 587 g/mol. The maximum absolute atomic E-state index is 14.2. The van der Waals surface area contributed by atoms with E-state index >= 15 is 0 Å². The molecule has 11 heteroatoms. The van der Waals surface area contributed by atoms with Crippen molar-refractivity contribution in [2.24, 2.45) is 5.92 Å². The van der Waals surface area contributed by atoms with Crippen molar-refractivity contribution in [3.05, 3.63) is 104 Å². The summed E-state index contributed by atoms with van der Waals surface area (Å²) >= 11 is 0. The topological polar surface area (TPSA) is 134 Å². The van der Waals surface area contributed by atoms with Gasteiger partial charge in [0.2, 0.25) is 0 Å². The number of methoxy groups -OCH3 is 1. The number of carbonyl (C=O) groups excluding carboxylic acids is 3. The van der Waals surface area contributed by atoms with Crippen LogP contribution in [0.5, 0.6) is 0 Å². The first-order valence-corrected chi connectivity index (χ1v) is 14.2. The number of allylic oxidation sites excluding steroid dienone is 2. The minimum atomic E-state index is -0.922. The van der Waals surface area contributed by atoms with Crippen LogP contribution in [0.15, 0.2) is 83.2 Å². The summed E-state index contributed by atoms with van der Waals surface area (Å²) in [4.78, 5) is 54.1. The molecular formula is C32H37N5O6. The van der Waals surface area contributed by atoms with Crippen LogP contribution in [-0.4, -0.2) is 72.0 Å². The Morgan fingerprint density at radius 2 is 1.77 bits per heavy atom. The first kappa shape index (κ1) is 31.4. The molecule has 11 nitrogen and oxygen atoms in total. The van der Waals surface area contributed by atoms with E-state index in [0.717, 1.165) is 19.6 Å². The lowest BCUT2D eigenvalue weighted by molar-refractivity contribution is -0.384. The number of nitrogens with one attached hydrogen (secondary N) is 2. The van der Waals surface area contributed by atoms with Crippen molar-refractivity contribution >= 4 is 23.5 Å². The molecule has 0 aliphatic carbocycles. The van der Waals surface area contributed by atoms with Gasteiger partial charge in [0.05, 0.1) is 29.7 Å². The number of rotatable bonds is 10. The highest BCUT2D eigenvalue weighted by Gasteiger charge is 2.39. The fourth-order valence-electron chi connectivity index (χ4n) is 5.83. The highest BCUT2D eigenvalue weighted by Crippen LogP contribution is 2.39. The molecule has 2 aliphatic heterocycles. The number of non-ortho nitro benzene ring substituents is 1. The fraction of sp³-hybridized carbons (Fsp3) is 0.375. The second kappa shape index (κ2) is 14.1. The van der Waals surface area contributed by atoms with Crippen LogP contribution in [0.4, 0.5) is 5.69 Å². The van der Waals surface area contributed by atoms with Gasteiger partial charge in [-0.05, 0) is 25.0 Å². The number of carbonyl (C=O) groups is 2. The Bertz CT molecular complexity index is 1470. The minimum absolute atomic E-state index is 0.161. The van der Waals surface area contributed by atoms with Crippen LogP contribution in [0.3, 0.4) is 0 Å². The van der Waals surface area contributed by atoms with Gasteiger partial charge in [0.15, 0.2) is 0 Å². The smallest absolute Gasteiger partial charge is 0.336 e. The molecule has 1 saturated heterocycles. The molecule has 3 atom stereocenters. The third-order valence-electron chi connectivity index (χ3n) is 7.98. The van der Waals surface area contributed by atoms with Gasteiger partial charge in [-0.1, -0.05) is 49.4 Å². The predicted octanol–water partition coefficient (Wildman–Crippen LogP) is 3.29. The third-order valence-corrected chi connectivity index (χ3v) is 7.98. The van der Waals surface area contributed by atoms with Crippen molar-refractivity contribution in [2.75, 3.05) is 33.3 Å². The number of esters is 1. The van der Waals surface area contributed by atoms with Gasteiger partial charge in [-0.15, -0.1) is 0 Å². The third kappa shape index (κ3) is 7.26. The van der Waals surface area contributed by atoms with Gasteiger partial charge in [-0.2, -0.15) is 0 Å². The number of nitro benzene ring substituents is 1. The van der Waals surface area contributed by atoms with E-state index in [1.165, 1.54) is 36.9 Å². The normalized spacial score (nSPS) is 19.1. The van der Waals surface area contributed by atoms with E-state index < -0.39 is 28.9 Å². The van der Waals surface area contributed by atoms with E-state index in [1.54, 1.807) is 19.9 Å². The summed E-state index contributed by atoms with van der Waals surface area (Å²) in [5, 5.41) is 17.8. The molecule has 0 bridgehead atoms. The molecule has 3 unspecified atom stereocenters. The summed E-state index contributed by atoms with van der Waals surface area (Å²) in [5.74, 6) is -0.543. The van der Waals surface area contributed by atoms with E-state index in [4.69, 9.17) is 4.74 Å². The van der Waals surface area contributed by atoms with E-state index in [1.807, 2.05) is 31.1 Å². The second-order valence-electron chi connectivity index (χ2n) is 10.8. The Hall–Kier alpha value is -4.57. The van der Waals surface area contributed by atoms with Crippen molar-refractivity contribution in [1.82, 2.24) is 20.4 Å². The lowest BCUT2D eigenvalue weighted by Gasteiger charge is -2.41. The molecule has 2 aromatic rings. The molecule has 2 heterocycles. The number of piperazine rings is 1. The van der Waals surface area contributed by atoms with Gasteiger partial charge in [-0.3, -0.25) is 24.7 Å². The van der Waals surface area contributed by atoms with Crippen molar-refractivity contribution in [3.63, 3.8) is 0 Å². The van der Waals surface area contributed by atoms with Gasteiger partial charge < -0.3 is 15.4 Å². The average molecular weight is 588 g/mol. The molecule has 43 heavy (non-hydrogen) atoms. The molecule has 2 aliphatic rings. The first-order valence-electron chi connectivity index (χ1n) is 14.2. The number of ether oxygens (including phenoxy) is 1. The maximum Gasteiger partial charge on any atom is 0.336 e. The molecule has 0 saturated carbocycles. The van der Waals surface area contributed by atoms with Gasteiger partial charge in [0.25, 0.3) is 11.6 Å². The quantitative estimate of drug-likeness (QED) is 0.186. The SMILES string of the molecule is COC(=O)C1=C(C)NC(C)=C(C(=O)NC(C(C)C=C=O)N2CCN(Cc3ccccc3)CC2)C1c1cccc([N+](=O)[O-])c1. The van der Waals surface area contributed by atoms with Crippen LogP contribution in [0, 0.1) is 16.0 Å². The van der Waals surface area contributed by atoms with Gasteiger partial charge in [-0.25, -0.2) is 9.59 Å². The maximum atomic E-state index is 14.2. The molecule has 0 radical (unpaired) electrons. The number of amides is 1. The lowest BCUT2D eigenvalue weighted by Crippen LogP contribution is -2.58. The zero-order valence-corrected chi connectivity index (χ0v) is 24.8. The number of hydrogen-bond acceptors (Lipinski definition) is 9. The molecule has 4 rings (SSSR count). The second-order valence-corrected chi connectivity index (χ2v) is 10.8. The van der Waals surface area contributed by atoms with Crippen LogP contribution < -0.4 is 10.6 Å². The number of benzene rings is 2. The number of hydrogen-bond donors (Lipinski definition) is 2. The van der Waals surface area contributed by atoms with E-state index in [9.17, 15) is 24.5 Å². The largest absolute Gasteiger partial charge is 0.466 e. The van der Waals surface area contributed by atoms with Crippen molar-refractivity contribution < 1.29 is 24.0 Å². The van der Waals surface area contributed by atoms with Crippen molar-refractivity contribution in [3.8, 4) is 0 Å². The Morgan fingerprint density at radius 1 is 1.09 bits per heavy atom. The Balaban J connectivity index is 1.63. The Kier molecular flexibility index (Phi) is 10.3. The van der Waals surface area contributed by atoms with Crippen LogP contribution in [-0.2, 0) is 25.7 Å². The molecule has 1 amide bonds. The van der Waals surface area contributed by atoms with E-state index in [2.05, 4.69) is 32.6 Å². The Labute approximate surface area is 251 Å². The standard InChI is InChI=1S/C32H37N5O6/c1-21(13-18-38)30(36-16-14-35(15-17-36)20-24-9-6-5-7-10-24)34-31(39)27-22(2)33-23(3)28(32(40)43-4)29(27)25-11-8-12-26(19-25)37(41)42/h5-13,19,21,29-30,33H,14-17,20H2,1-4H3,(H,34,39). The number of dihydropyridines is 1.